The molecule has 0 radical (unpaired) electrons. The molecule has 0 bridgehead atoms. The van der Waals surface area contributed by atoms with Crippen molar-refractivity contribution >= 4 is 0 Å². The normalized spacial score (nSPS) is 10.7. The van der Waals surface area contributed by atoms with Crippen molar-refractivity contribution in [3.05, 3.63) is 29.8 Å². The Morgan fingerprint density at radius 1 is 0.704 bits per heavy atom. The maximum atomic E-state index is 8.88. The predicted octanol–water partition coefficient (Wildman–Crippen LogP) is 8.20. The Morgan fingerprint density at radius 2 is 1.19 bits per heavy atom. The van der Waals surface area contributed by atoms with Crippen molar-refractivity contribution in [3.63, 3.8) is 0 Å². The number of ether oxygens (including phenoxy) is 1. The minimum absolute atomic E-state index is 0.666. The van der Waals surface area contributed by atoms with Crippen LogP contribution in [-0.2, 0) is 0 Å². The molecule has 2 nitrogen and oxygen atoms in total. The van der Waals surface area contributed by atoms with Crippen LogP contribution in [0.25, 0.3) is 0 Å². The standard InChI is InChI=1S/C25H41NO/c1-2-3-4-5-6-7-8-9-10-11-12-13-14-15-16-17-21-27-25-20-18-19-24(22-25)23-26/h18-20,22H,2-17,21H2,1H3. The van der Waals surface area contributed by atoms with E-state index in [0.717, 1.165) is 18.8 Å². The highest BCUT2D eigenvalue weighted by atomic mass is 16.5. The van der Waals surface area contributed by atoms with Gasteiger partial charge in [-0.05, 0) is 24.6 Å². The van der Waals surface area contributed by atoms with Gasteiger partial charge in [-0.15, -0.1) is 0 Å². The monoisotopic (exact) mass is 371 g/mol. The first kappa shape index (κ1) is 23.5. The molecule has 0 aliphatic heterocycles. The van der Waals surface area contributed by atoms with E-state index < -0.39 is 0 Å². The van der Waals surface area contributed by atoms with Gasteiger partial charge in [-0.25, -0.2) is 0 Å². The second-order valence-corrected chi connectivity index (χ2v) is 7.79. The fourth-order valence-corrected chi connectivity index (χ4v) is 3.50. The molecule has 0 saturated heterocycles. The Bertz CT molecular complexity index is 491. The topological polar surface area (TPSA) is 33.0 Å². The maximum Gasteiger partial charge on any atom is 0.120 e. The van der Waals surface area contributed by atoms with Crippen LogP contribution in [-0.4, -0.2) is 6.61 Å². The van der Waals surface area contributed by atoms with E-state index in [2.05, 4.69) is 13.0 Å². The maximum absolute atomic E-state index is 8.88. The third kappa shape index (κ3) is 14.3. The Labute approximate surface area is 168 Å². The molecule has 152 valence electrons. The van der Waals surface area contributed by atoms with Gasteiger partial charge in [0.15, 0.2) is 0 Å². The van der Waals surface area contributed by atoms with Crippen LogP contribution in [0, 0.1) is 11.3 Å². The van der Waals surface area contributed by atoms with E-state index in [1.54, 1.807) is 0 Å². The zero-order valence-corrected chi connectivity index (χ0v) is 17.7. The summed E-state index contributed by atoms with van der Waals surface area (Å²) in [7, 11) is 0. The smallest absolute Gasteiger partial charge is 0.120 e. The first-order chi connectivity index (χ1) is 13.4. The van der Waals surface area contributed by atoms with Crippen molar-refractivity contribution in [2.45, 2.75) is 110 Å². The second kappa shape index (κ2) is 17.9. The van der Waals surface area contributed by atoms with E-state index in [-0.39, 0.29) is 0 Å². The number of rotatable bonds is 18. The van der Waals surface area contributed by atoms with Crippen molar-refractivity contribution in [3.8, 4) is 11.8 Å². The van der Waals surface area contributed by atoms with Gasteiger partial charge < -0.3 is 4.74 Å². The molecule has 0 heterocycles. The summed E-state index contributed by atoms with van der Waals surface area (Å²) in [5, 5.41) is 8.88. The van der Waals surface area contributed by atoms with E-state index in [1.807, 2.05) is 24.3 Å². The van der Waals surface area contributed by atoms with E-state index in [0.29, 0.717) is 5.56 Å². The van der Waals surface area contributed by atoms with Gasteiger partial charge in [-0.1, -0.05) is 109 Å². The average molecular weight is 372 g/mol. The summed E-state index contributed by atoms with van der Waals surface area (Å²) < 4.78 is 5.72. The van der Waals surface area contributed by atoms with Crippen molar-refractivity contribution in [1.82, 2.24) is 0 Å². The highest BCUT2D eigenvalue weighted by Gasteiger charge is 1.97. The highest BCUT2D eigenvalue weighted by Crippen LogP contribution is 2.15. The van der Waals surface area contributed by atoms with Crippen LogP contribution in [0.3, 0.4) is 0 Å². The average Bonchev–Trinajstić information content (AvgIpc) is 2.70. The summed E-state index contributed by atoms with van der Waals surface area (Å²) in [5.41, 5.74) is 0.666. The Balaban J connectivity index is 1.77. The zero-order valence-electron chi connectivity index (χ0n) is 17.7. The van der Waals surface area contributed by atoms with Crippen molar-refractivity contribution in [1.29, 1.82) is 5.26 Å². The third-order valence-corrected chi connectivity index (χ3v) is 5.23. The number of nitrogens with zero attached hydrogens (tertiary/aromatic N) is 1. The van der Waals surface area contributed by atoms with Crippen LogP contribution in [0.5, 0.6) is 5.75 Å². The predicted molar refractivity (Wildman–Crippen MR) is 116 cm³/mol. The van der Waals surface area contributed by atoms with Gasteiger partial charge in [-0.3, -0.25) is 0 Å². The fraction of sp³-hybridized carbons (Fsp3) is 0.720. The number of unbranched alkanes of at least 4 members (excludes halogenated alkanes) is 15. The van der Waals surface area contributed by atoms with Crippen LogP contribution in [0.4, 0.5) is 0 Å². The van der Waals surface area contributed by atoms with Gasteiger partial charge in [0.1, 0.15) is 5.75 Å². The molecule has 1 rings (SSSR count). The summed E-state index contributed by atoms with van der Waals surface area (Å²) in [6.45, 7) is 3.04. The highest BCUT2D eigenvalue weighted by molar-refractivity contribution is 5.36. The molecule has 1 aromatic carbocycles. The Kier molecular flexibility index (Phi) is 15.6. The minimum atomic E-state index is 0.666. The Hall–Kier alpha value is -1.49. The Morgan fingerprint density at radius 3 is 1.67 bits per heavy atom. The van der Waals surface area contributed by atoms with Gasteiger partial charge in [-0.2, -0.15) is 5.26 Å². The lowest BCUT2D eigenvalue weighted by Gasteiger charge is -2.06. The van der Waals surface area contributed by atoms with Crippen molar-refractivity contribution in [2.75, 3.05) is 6.61 Å². The first-order valence-electron chi connectivity index (χ1n) is 11.5. The quantitative estimate of drug-likeness (QED) is 0.244. The van der Waals surface area contributed by atoms with Gasteiger partial charge in [0, 0.05) is 0 Å². The molecule has 0 saturated carbocycles. The number of nitriles is 1. The lowest BCUT2D eigenvalue weighted by atomic mass is 10.0. The lowest BCUT2D eigenvalue weighted by Crippen LogP contribution is -1.97. The van der Waals surface area contributed by atoms with E-state index in [9.17, 15) is 0 Å². The third-order valence-electron chi connectivity index (χ3n) is 5.23. The zero-order chi connectivity index (χ0) is 19.4. The van der Waals surface area contributed by atoms with Crippen molar-refractivity contribution in [2.24, 2.45) is 0 Å². The molecule has 0 unspecified atom stereocenters. The molecule has 0 aliphatic rings. The van der Waals surface area contributed by atoms with Crippen LogP contribution < -0.4 is 4.74 Å². The van der Waals surface area contributed by atoms with Gasteiger partial charge in [0.25, 0.3) is 0 Å². The van der Waals surface area contributed by atoms with Crippen LogP contribution in [0.1, 0.15) is 115 Å². The molecule has 0 atom stereocenters. The molecule has 0 amide bonds. The number of hydrogen-bond acceptors (Lipinski definition) is 2. The molecule has 1 aromatic rings. The number of hydrogen-bond donors (Lipinski definition) is 0. The molecule has 0 aliphatic carbocycles. The van der Waals surface area contributed by atoms with Crippen molar-refractivity contribution < 1.29 is 4.74 Å². The molecule has 2 heteroatoms. The van der Waals surface area contributed by atoms with Gasteiger partial charge in [0.2, 0.25) is 0 Å². The summed E-state index contributed by atoms with van der Waals surface area (Å²) in [6.07, 6.45) is 22.2. The first-order valence-corrected chi connectivity index (χ1v) is 11.5. The van der Waals surface area contributed by atoms with Crippen LogP contribution in [0.15, 0.2) is 24.3 Å². The molecule has 0 spiro atoms. The SMILES string of the molecule is CCCCCCCCCCCCCCCCCCOc1cccc(C#N)c1. The van der Waals surface area contributed by atoms with Gasteiger partial charge in [0.05, 0.1) is 18.2 Å². The summed E-state index contributed by atoms with van der Waals surface area (Å²) in [6, 6.07) is 9.57. The van der Waals surface area contributed by atoms with E-state index in [4.69, 9.17) is 10.00 Å². The summed E-state index contributed by atoms with van der Waals surface area (Å²) in [4.78, 5) is 0. The van der Waals surface area contributed by atoms with E-state index >= 15 is 0 Å². The number of benzene rings is 1. The summed E-state index contributed by atoms with van der Waals surface area (Å²) >= 11 is 0. The molecule has 0 aromatic heterocycles. The molecule has 27 heavy (non-hydrogen) atoms. The molecular weight excluding hydrogens is 330 g/mol. The fourth-order valence-electron chi connectivity index (χ4n) is 3.50. The van der Waals surface area contributed by atoms with Crippen LogP contribution in [0.2, 0.25) is 0 Å². The van der Waals surface area contributed by atoms with E-state index in [1.165, 1.54) is 96.3 Å². The van der Waals surface area contributed by atoms with Crippen LogP contribution >= 0.6 is 0 Å². The largest absolute Gasteiger partial charge is 0.494 e. The molecule has 0 N–H and O–H groups in total. The lowest BCUT2D eigenvalue weighted by molar-refractivity contribution is 0.304. The van der Waals surface area contributed by atoms with Gasteiger partial charge >= 0.3 is 0 Å². The molecule has 0 fully saturated rings. The summed E-state index contributed by atoms with van der Waals surface area (Å²) in [5.74, 6) is 0.815. The second-order valence-electron chi connectivity index (χ2n) is 7.79. The molecular formula is C25H41NO. The minimum Gasteiger partial charge on any atom is -0.494 e.